The van der Waals surface area contributed by atoms with Crippen LogP contribution in [0.4, 0.5) is 0 Å². The Bertz CT molecular complexity index is 753. The lowest BCUT2D eigenvalue weighted by Crippen LogP contribution is -2.01. The number of hydrogen-bond donors (Lipinski definition) is 0. The van der Waals surface area contributed by atoms with Gasteiger partial charge in [0, 0.05) is 5.39 Å². The fourth-order valence-corrected chi connectivity index (χ4v) is 3.11. The number of thiophene rings is 1. The molecule has 0 aliphatic heterocycles. The fraction of sp³-hybridized carbons (Fsp3) is 0.250. The van der Waals surface area contributed by atoms with Crippen LogP contribution in [0.5, 0.6) is 5.75 Å². The van der Waals surface area contributed by atoms with Crippen LogP contribution in [0.2, 0.25) is 5.15 Å². The molecule has 0 unspecified atom stereocenters. The first-order valence-corrected chi connectivity index (χ1v) is 8.01. The van der Waals surface area contributed by atoms with Crippen molar-refractivity contribution < 1.29 is 4.74 Å². The molecule has 0 amide bonds. The van der Waals surface area contributed by atoms with Gasteiger partial charge in [-0.05, 0) is 35.1 Å². The van der Waals surface area contributed by atoms with E-state index in [1.165, 1.54) is 5.56 Å². The summed E-state index contributed by atoms with van der Waals surface area (Å²) in [5.74, 6) is 1.93. The Morgan fingerprint density at radius 3 is 2.62 bits per heavy atom. The highest BCUT2D eigenvalue weighted by atomic mass is 35.5. The van der Waals surface area contributed by atoms with Gasteiger partial charge < -0.3 is 4.74 Å². The van der Waals surface area contributed by atoms with E-state index in [2.05, 4.69) is 35.9 Å². The molecular weight excluding hydrogens is 304 g/mol. The zero-order valence-electron chi connectivity index (χ0n) is 11.8. The summed E-state index contributed by atoms with van der Waals surface area (Å²) in [6.45, 7) is 4.65. The van der Waals surface area contributed by atoms with Gasteiger partial charge in [-0.3, -0.25) is 0 Å². The molecule has 0 saturated heterocycles. The van der Waals surface area contributed by atoms with Crippen LogP contribution in [-0.2, 0) is 6.61 Å². The second-order valence-electron chi connectivity index (χ2n) is 5.08. The molecule has 0 spiro atoms. The van der Waals surface area contributed by atoms with Crippen LogP contribution < -0.4 is 4.74 Å². The van der Waals surface area contributed by atoms with Gasteiger partial charge in [-0.1, -0.05) is 37.6 Å². The molecule has 0 bridgehead atoms. The van der Waals surface area contributed by atoms with E-state index in [1.54, 1.807) is 11.3 Å². The smallest absolute Gasteiger partial charge is 0.169 e. The molecule has 0 saturated carbocycles. The molecule has 0 radical (unpaired) electrons. The molecule has 3 rings (SSSR count). The number of nitrogens with zero attached hydrogens (tertiary/aromatic N) is 2. The van der Waals surface area contributed by atoms with Gasteiger partial charge in [-0.2, -0.15) is 0 Å². The lowest BCUT2D eigenvalue weighted by atomic mass is 10.0. The van der Waals surface area contributed by atoms with Crippen LogP contribution in [0.15, 0.2) is 35.7 Å². The fourth-order valence-electron chi connectivity index (χ4n) is 2.02. The predicted octanol–water partition coefficient (Wildman–Crippen LogP) is 5.05. The average molecular weight is 319 g/mol. The molecule has 1 aromatic carbocycles. The minimum Gasteiger partial charge on any atom is -0.486 e. The standard InChI is InChI=1S/C16H15ClN2OS/c1-10(2)11-3-5-12(6-4-11)20-9-14-18-15(17)13-7-8-21-16(13)19-14/h3-8,10H,9H2,1-2H3. The molecule has 21 heavy (non-hydrogen) atoms. The largest absolute Gasteiger partial charge is 0.486 e. The van der Waals surface area contributed by atoms with Crippen LogP contribution in [0.1, 0.15) is 31.2 Å². The molecule has 0 fully saturated rings. The number of fused-ring (bicyclic) bond motifs is 1. The molecule has 0 aliphatic rings. The molecule has 108 valence electrons. The molecule has 3 nitrogen and oxygen atoms in total. The molecular formula is C16H15ClN2OS. The van der Waals surface area contributed by atoms with Crippen LogP contribution in [0, 0.1) is 0 Å². The Balaban J connectivity index is 1.73. The zero-order chi connectivity index (χ0) is 14.8. The van der Waals surface area contributed by atoms with Crippen molar-refractivity contribution in [1.82, 2.24) is 9.97 Å². The molecule has 5 heteroatoms. The van der Waals surface area contributed by atoms with Gasteiger partial charge in [0.25, 0.3) is 0 Å². The Labute approximate surface area is 132 Å². The lowest BCUT2D eigenvalue weighted by molar-refractivity contribution is 0.296. The summed E-state index contributed by atoms with van der Waals surface area (Å²) in [5.41, 5.74) is 1.29. The Kier molecular flexibility index (Phi) is 4.08. The highest BCUT2D eigenvalue weighted by Crippen LogP contribution is 2.25. The summed E-state index contributed by atoms with van der Waals surface area (Å²) in [6.07, 6.45) is 0. The first-order valence-electron chi connectivity index (χ1n) is 6.76. The van der Waals surface area contributed by atoms with Gasteiger partial charge >= 0.3 is 0 Å². The summed E-state index contributed by atoms with van der Waals surface area (Å²) in [5, 5.41) is 3.34. The lowest BCUT2D eigenvalue weighted by Gasteiger charge is -2.08. The first-order chi connectivity index (χ1) is 10.1. The monoisotopic (exact) mass is 318 g/mol. The molecule has 0 N–H and O–H groups in total. The van der Waals surface area contributed by atoms with Crippen molar-refractivity contribution >= 4 is 33.2 Å². The Morgan fingerprint density at radius 2 is 1.90 bits per heavy atom. The van der Waals surface area contributed by atoms with Crippen LogP contribution in [-0.4, -0.2) is 9.97 Å². The van der Waals surface area contributed by atoms with E-state index < -0.39 is 0 Å². The van der Waals surface area contributed by atoms with Crippen molar-refractivity contribution in [2.24, 2.45) is 0 Å². The molecule has 2 heterocycles. The molecule has 0 aliphatic carbocycles. The second-order valence-corrected chi connectivity index (χ2v) is 6.34. The first kappa shape index (κ1) is 14.3. The third kappa shape index (κ3) is 3.17. The van der Waals surface area contributed by atoms with Crippen molar-refractivity contribution in [2.75, 3.05) is 0 Å². The van der Waals surface area contributed by atoms with Crippen molar-refractivity contribution in [3.05, 3.63) is 52.3 Å². The van der Waals surface area contributed by atoms with Crippen molar-refractivity contribution in [1.29, 1.82) is 0 Å². The van der Waals surface area contributed by atoms with E-state index >= 15 is 0 Å². The van der Waals surface area contributed by atoms with E-state index in [9.17, 15) is 0 Å². The third-order valence-electron chi connectivity index (χ3n) is 3.24. The minimum absolute atomic E-state index is 0.314. The topological polar surface area (TPSA) is 35.0 Å². The van der Waals surface area contributed by atoms with Crippen molar-refractivity contribution in [3.8, 4) is 5.75 Å². The summed E-state index contributed by atoms with van der Waals surface area (Å²) in [7, 11) is 0. The molecule has 0 atom stereocenters. The average Bonchev–Trinajstić information content (AvgIpc) is 2.94. The molecule has 2 aromatic heterocycles. The van der Waals surface area contributed by atoms with E-state index in [-0.39, 0.29) is 0 Å². The normalized spacial score (nSPS) is 11.2. The minimum atomic E-state index is 0.314. The Morgan fingerprint density at radius 1 is 1.14 bits per heavy atom. The number of hydrogen-bond acceptors (Lipinski definition) is 4. The second kappa shape index (κ2) is 6.00. The van der Waals surface area contributed by atoms with Gasteiger partial charge in [0.2, 0.25) is 0 Å². The number of aromatic nitrogens is 2. The van der Waals surface area contributed by atoms with Crippen molar-refractivity contribution in [3.63, 3.8) is 0 Å². The highest BCUT2D eigenvalue weighted by molar-refractivity contribution is 7.16. The number of rotatable bonds is 4. The van der Waals surface area contributed by atoms with Gasteiger partial charge in [0.1, 0.15) is 22.3 Å². The summed E-state index contributed by atoms with van der Waals surface area (Å²) in [6, 6.07) is 10.0. The highest BCUT2D eigenvalue weighted by Gasteiger charge is 2.08. The zero-order valence-corrected chi connectivity index (χ0v) is 13.4. The number of benzene rings is 1. The SMILES string of the molecule is CC(C)c1ccc(OCc2nc(Cl)c3ccsc3n2)cc1. The van der Waals surface area contributed by atoms with Gasteiger partial charge in [-0.15, -0.1) is 11.3 Å². The van der Waals surface area contributed by atoms with E-state index in [4.69, 9.17) is 16.3 Å². The van der Waals surface area contributed by atoms with Crippen LogP contribution in [0.3, 0.4) is 0 Å². The summed E-state index contributed by atoms with van der Waals surface area (Å²) < 4.78 is 5.73. The summed E-state index contributed by atoms with van der Waals surface area (Å²) in [4.78, 5) is 9.62. The van der Waals surface area contributed by atoms with Gasteiger partial charge in [-0.25, -0.2) is 9.97 Å². The predicted molar refractivity (Wildman–Crippen MR) is 87.3 cm³/mol. The van der Waals surface area contributed by atoms with Crippen molar-refractivity contribution in [2.45, 2.75) is 26.4 Å². The maximum Gasteiger partial charge on any atom is 0.169 e. The van der Waals surface area contributed by atoms with Crippen LogP contribution in [0.25, 0.3) is 10.2 Å². The molecule has 3 aromatic rings. The quantitative estimate of drug-likeness (QED) is 0.632. The van der Waals surface area contributed by atoms with E-state index in [0.717, 1.165) is 16.0 Å². The van der Waals surface area contributed by atoms with Gasteiger partial charge in [0.05, 0.1) is 0 Å². The van der Waals surface area contributed by atoms with E-state index in [1.807, 2.05) is 23.6 Å². The maximum absolute atomic E-state index is 6.14. The summed E-state index contributed by atoms with van der Waals surface area (Å²) >= 11 is 7.69. The van der Waals surface area contributed by atoms with Crippen LogP contribution >= 0.6 is 22.9 Å². The number of halogens is 1. The van der Waals surface area contributed by atoms with E-state index in [0.29, 0.717) is 23.5 Å². The maximum atomic E-state index is 6.14. The Hall–Kier alpha value is -1.65. The third-order valence-corrected chi connectivity index (χ3v) is 4.33. The van der Waals surface area contributed by atoms with Gasteiger partial charge in [0.15, 0.2) is 5.82 Å². The number of ether oxygens (including phenoxy) is 1.